The van der Waals surface area contributed by atoms with E-state index in [4.69, 9.17) is 5.73 Å². The predicted molar refractivity (Wildman–Crippen MR) is 111 cm³/mol. The van der Waals surface area contributed by atoms with Crippen molar-refractivity contribution in [1.82, 2.24) is 4.57 Å². The molecule has 2 heterocycles. The highest BCUT2D eigenvalue weighted by Gasteiger charge is 2.33. The maximum absolute atomic E-state index is 15.3. The number of pyridine rings is 1. The van der Waals surface area contributed by atoms with Gasteiger partial charge in [0, 0.05) is 36.8 Å². The fourth-order valence-corrected chi connectivity index (χ4v) is 4.84. The number of fused-ring (bicyclic) bond motifs is 1. The summed E-state index contributed by atoms with van der Waals surface area (Å²) in [4.78, 5) is 26.4. The molecule has 29 heavy (non-hydrogen) atoms. The van der Waals surface area contributed by atoms with Gasteiger partial charge in [0.05, 0.1) is 11.2 Å². The fourth-order valence-electron chi connectivity index (χ4n) is 4.84. The van der Waals surface area contributed by atoms with Crippen molar-refractivity contribution in [2.24, 2.45) is 11.1 Å². The Morgan fingerprint density at radius 1 is 1.31 bits per heavy atom. The van der Waals surface area contributed by atoms with Crippen LogP contribution in [0.3, 0.4) is 0 Å². The van der Waals surface area contributed by atoms with Gasteiger partial charge in [-0.2, -0.15) is 0 Å². The minimum Gasteiger partial charge on any atom is -0.477 e. The summed E-state index contributed by atoms with van der Waals surface area (Å²) in [5.41, 5.74) is 7.06. The van der Waals surface area contributed by atoms with Crippen LogP contribution in [0.4, 0.5) is 10.1 Å². The van der Waals surface area contributed by atoms with Crippen LogP contribution in [-0.2, 0) is 0 Å². The summed E-state index contributed by atoms with van der Waals surface area (Å²) in [5, 5.41) is 9.58. The smallest absolute Gasteiger partial charge is 0.341 e. The number of aromatic carboxylic acids is 1. The zero-order valence-corrected chi connectivity index (χ0v) is 17.2. The first kappa shape index (κ1) is 19.9. The molecular weight excluding hydrogens is 373 g/mol. The molecule has 1 atom stereocenters. The van der Waals surface area contributed by atoms with E-state index in [1.165, 1.54) is 12.3 Å². The molecule has 1 saturated carbocycles. The molecule has 7 heteroatoms. The number of carbonyl (C=O) groups is 1. The number of aromatic nitrogens is 1. The standard InChI is InChI=1S/C22H28FN3O3/c1-12-18-15(20(27)16(21(28)29)10-26(18)14-4-5-14)8-17(23)19(12)25-7-6-13(24)9-22(2,3)11-25/h8,10,13-14H,4-7,9,11,24H2,1-3H3,(H,28,29). The van der Waals surface area contributed by atoms with Crippen molar-refractivity contribution in [3.8, 4) is 0 Å². The molecule has 2 aromatic rings. The Bertz CT molecular complexity index is 1060. The van der Waals surface area contributed by atoms with E-state index >= 15 is 4.39 Å². The molecule has 2 aliphatic rings. The number of hydrogen-bond donors (Lipinski definition) is 2. The Balaban J connectivity index is 1.95. The van der Waals surface area contributed by atoms with Gasteiger partial charge in [-0.15, -0.1) is 0 Å². The number of nitrogens with two attached hydrogens (primary N) is 1. The average Bonchev–Trinajstić information content (AvgIpc) is 3.44. The number of halogens is 1. The molecule has 1 aromatic heterocycles. The van der Waals surface area contributed by atoms with Crippen molar-refractivity contribution < 1.29 is 14.3 Å². The van der Waals surface area contributed by atoms with Crippen molar-refractivity contribution in [2.45, 2.75) is 58.5 Å². The number of rotatable bonds is 3. The molecule has 4 rings (SSSR count). The van der Waals surface area contributed by atoms with Crippen molar-refractivity contribution in [1.29, 1.82) is 0 Å². The highest BCUT2D eigenvalue weighted by Crippen LogP contribution is 2.41. The monoisotopic (exact) mass is 401 g/mol. The van der Waals surface area contributed by atoms with Gasteiger partial charge < -0.3 is 20.3 Å². The Labute approximate surface area is 169 Å². The third-order valence-corrected chi connectivity index (χ3v) is 6.17. The molecule has 0 radical (unpaired) electrons. The van der Waals surface area contributed by atoms with Gasteiger partial charge in [0.15, 0.2) is 0 Å². The average molecular weight is 401 g/mol. The number of hydrogen-bond acceptors (Lipinski definition) is 4. The molecule has 0 bridgehead atoms. The van der Waals surface area contributed by atoms with Crippen LogP contribution in [0.15, 0.2) is 17.1 Å². The number of anilines is 1. The van der Waals surface area contributed by atoms with Crippen LogP contribution in [0.25, 0.3) is 10.9 Å². The first-order valence-electron chi connectivity index (χ1n) is 10.2. The van der Waals surface area contributed by atoms with Crippen LogP contribution < -0.4 is 16.1 Å². The molecule has 1 unspecified atom stereocenters. The van der Waals surface area contributed by atoms with E-state index in [1.54, 1.807) is 0 Å². The van der Waals surface area contributed by atoms with E-state index in [2.05, 4.69) is 13.8 Å². The lowest BCUT2D eigenvalue weighted by Crippen LogP contribution is -2.34. The summed E-state index contributed by atoms with van der Waals surface area (Å²) in [5.74, 6) is -1.76. The number of nitrogens with zero attached hydrogens (tertiary/aromatic N) is 2. The number of carboxylic acids is 1. The topological polar surface area (TPSA) is 88.6 Å². The molecule has 1 saturated heterocycles. The first-order chi connectivity index (χ1) is 13.6. The van der Waals surface area contributed by atoms with Gasteiger partial charge in [0.1, 0.15) is 11.4 Å². The third-order valence-electron chi connectivity index (χ3n) is 6.17. The van der Waals surface area contributed by atoms with Gasteiger partial charge in [0.2, 0.25) is 5.43 Å². The molecule has 0 amide bonds. The van der Waals surface area contributed by atoms with Gasteiger partial charge in [-0.1, -0.05) is 13.8 Å². The van der Waals surface area contributed by atoms with Crippen LogP contribution in [0.2, 0.25) is 0 Å². The minimum atomic E-state index is -1.28. The van der Waals surface area contributed by atoms with Crippen molar-refractivity contribution >= 4 is 22.6 Å². The zero-order valence-electron chi connectivity index (χ0n) is 17.2. The third kappa shape index (κ3) is 3.52. The van der Waals surface area contributed by atoms with E-state index in [9.17, 15) is 14.7 Å². The fraction of sp³-hybridized carbons (Fsp3) is 0.545. The van der Waals surface area contributed by atoms with Crippen molar-refractivity contribution in [2.75, 3.05) is 18.0 Å². The first-order valence-corrected chi connectivity index (χ1v) is 10.2. The normalized spacial score (nSPS) is 22.0. The van der Waals surface area contributed by atoms with Crippen LogP contribution in [0.5, 0.6) is 0 Å². The van der Waals surface area contributed by atoms with E-state index < -0.39 is 17.2 Å². The second-order valence-electron chi connectivity index (χ2n) is 9.38. The Hall–Kier alpha value is -2.41. The lowest BCUT2D eigenvalue weighted by atomic mass is 9.86. The summed E-state index contributed by atoms with van der Waals surface area (Å²) in [6.45, 7) is 7.42. The van der Waals surface area contributed by atoms with Crippen molar-refractivity contribution in [3.05, 3.63) is 39.4 Å². The van der Waals surface area contributed by atoms with E-state index in [1.807, 2.05) is 16.4 Å². The quantitative estimate of drug-likeness (QED) is 0.823. The Morgan fingerprint density at radius 3 is 2.62 bits per heavy atom. The zero-order chi connectivity index (χ0) is 21.1. The summed E-state index contributed by atoms with van der Waals surface area (Å²) in [6, 6.07) is 1.45. The molecule has 2 fully saturated rings. The Kier molecular flexibility index (Phi) is 4.69. The van der Waals surface area contributed by atoms with Gasteiger partial charge in [-0.3, -0.25) is 4.79 Å². The highest BCUT2D eigenvalue weighted by atomic mass is 19.1. The second kappa shape index (κ2) is 6.83. The van der Waals surface area contributed by atoms with Gasteiger partial charge in [-0.05, 0) is 49.7 Å². The second-order valence-corrected chi connectivity index (χ2v) is 9.38. The van der Waals surface area contributed by atoms with E-state index in [0.717, 1.165) is 25.7 Å². The Morgan fingerprint density at radius 2 is 2.00 bits per heavy atom. The van der Waals surface area contributed by atoms with Crippen molar-refractivity contribution in [3.63, 3.8) is 0 Å². The SMILES string of the molecule is Cc1c(N2CCC(N)CC(C)(C)C2)c(F)cc2c(=O)c(C(=O)O)cn(C3CC3)c12. The highest BCUT2D eigenvalue weighted by molar-refractivity contribution is 5.95. The molecule has 3 N–H and O–H groups in total. The van der Waals surface area contributed by atoms with Gasteiger partial charge >= 0.3 is 5.97 Å². The van der Waals surface area contributed by atoms with Crippen LogP contribution in [0.1, 0.15) is 61.5 Å². The van der Waals surface area contributed by atoms with Crippen LogP contribution >= 0.6 is 0 Å². The maximum Gasteiger partial charge on any atom is 0.341 e. The van der Waals surface area contributed by atoms with Gasteiger partial charge in [0.25, 0.3) is 0 Å². The lowest BCUT2D eigenvalue weighted by Gasteiger charge is -2.33. The summed E-state index contributed by atoms with van der Waals surface area (Å²) in [7, 11) is 0. The number of carboxylic acid groups (broad SMARTS) is 1. The molecule has 1 aromatic carbocycles. The molecule has 0 spiro atoms. The summed E-state index contributed by atoms with van der Waals surface area (Å²) in [6.07, 6.45) is 4.92. The van der Waals surface area contributed by atoms with Crippen LogP contribution in [-0.4, -0.2) is 34.8 Å². The molecule has 156 valence electrons. The van der Waals surface area contributed by atoms with E-state index in [-0.39, 0.29) is 28.4 Å². The largest absolute Gasteiger partial charge is 0.477 e. The molecule has 1 aliphatic carbocycles. The summed E-state index contributed by atoms with van der Waals surface area (Å²) < 4.78 is 17.2. The lowest BCUT2D eigenvalue weighted by molar-refractivity contribution is 0.0695. The van der Waals surface area contributed by atoms with Crippen LogP contribution in [0, 0.1) is 18.2 Å². The molecule has 1 aliphatic heterocycles. The maximum atomic E-state index is 15.3. The van der Waals surface area contributed by atoms with Gasteiger partial charge in [-0.25, -0.2) is 9.18 Å². The summed E-state index contributed by atoms with van der Waals surface area (Å²) >= 11 is 0. The number of benzene rings is 1. The molecular formula is C22H28FN3O3. The number of aryl methyl sites for hydroxylation is 1. The predicted octanol–water partition coefficient (Wildman–Crippen LogP) is 3.44. The van der Waals surface area contributed by atoms with E-state index in [0.29, 0.717) is 29.9 Å². The minimum absolute atomic E-state index is 0.0624. The molecule has 6 nitrogen and oxygen atoms in total.